The monoisotopic (exact) mass is 295 g/mol. The number of para-hydroxylation sites is 2. The molecule has 0 unspecified atom stereocenters. The number of fused-ring (bicyclic) bond motifs is 1. The lowest BCUT2D eigenvalue weighted by Crippen LogP contribution is -2.14. The zero-order chi connectivity index (χ0) is 15.5. The predicted molar refractivity (Wildman–Crippen MR) is 86.3 cm³/mol. The molecule has 0 aliphatic rings. The van der Waals surface area contributed by atoms with Gasteiger partial charge < -0.3 is 15.0 Å². The molecular formula is C17H17N3O2. The van der Waals surface area contributed by atoms with Gasteiger partial charge in [0.25, 0.3) is 5.91 Å². The maximum absolute atomic E-state index is 12.4. The summed E-state index contributed by atoms with van der Waals surface area (Å²) in [6, 6.07) is 12.8. The molecule has 2 N–H and O–H groups in total. The van der Waals surface area contributed by atoms with Crippen LogP contribution in [-0.4, -0.2) is 22.0 Å². The second kappa shape index (κ2) is 5.89. The summed E-state index contributed by atoms with van der Waals surface area (Å²) in [5.74, 6) is 0.477. The molecule has 0 atom stereocenters. The number of benzene rings is 2. The number of carbonyl (C=O) groups is 1. The van der Waals surface area contributed by atoms with E-state index < -0.39 is 0 Å². The van der Waals surface area contributed by atoms with Crippen molar-refractivity contribution in [3.63, 3.8) is 0 Å². The van der Waals surface area contributed by atoms with Gasteiger partial charge in [-0.1, -0.05) is 12.1 Å². The number of aromatic nitrogens is 2. The van der Waals surface area contributed by atoms with Crippen molar-refractivity contribution in [3.8, 4) is 5.75 Å². The van der Waals surface area contributed by atoms with Crippen LogP contribution in [0.25, 0.3) is 11.0 Å². The van der Waals surface area contributed by atoms with Crippen LogP contribution in [0.1, 0.15) is 24.2 Å². The summed E-state index contributed by atoms with van der Waals surface area (Å²) < 4.78 is 5.71. The molecule has 22 heavy (non-hydrogen) atoms. The van der Waals surface area contributed by atoms with E-state index in [0.29, 0.717) is 17.0 Å². The SMILES string of the molecule is CC(C)Oc1ccccc1NC(=O)c1ccc2nc[nH]c2c1. The van der Waals surface area contributed by atoms with Crippen molar-refractivity contribution in [1.29, 1.82) is 0 Å². The Labute approximate surface area is 128 Å². The number of hydrogen-bond acceptors (Lipinski definition) is 3. The molecule has 2 aromatic carbocycles. The average Bonchev–Trinajstić information content (AvgIpc) is 2.96. The van der Waals surface area contributed by atoms with Gasteiger partial charge in [-0.15, -0.1) is 0 Å². The molecule has 3 aromatic rings. The lowest BCUT2D eigenvalue weighted by Gasteiger charge is -2.14. The first-order valence-electron chi connectivity index (χ1n) is 7.13. The largest absolute Gasteiger partial charge is 0.489 e. The number of ether oxygens (including phenoxy) is 1. The van der Waals surface area contributed by atoms with Gasteiger partial charge in [0.15, 0.2) is 0 Å². The number of nitrogens with one attached hydrogen (secondary N) is 2. The quantitative estimate of drug-likeness (QED) is 0.772. The number of amides is 1. The molecule has 0 aliphatic carbocycles. The fraction of sp³-hybridized carbons (Fsp3) is 0.176. The predicted octanol–water partition coefficient (Wildman–Crippen LogP) is 3.60. The van der Waals surface area contributed by atoms with Crippen molar-refractivity contribution in [3.05, 3.63) is 54.4 Å². The highest BCUT2D eigenvalue weighted by Gasteiger charge is 2.11. The number of carbonyl (C=O) groups excluding carboxylic acids is 1. The fourth-order valence-corrected chi connectivity index (χ4v) is 2.20. The molecule has 3 rings (SSSR count). The summed E-state index contributed by atoms with van der Waals surface area (Å²) >= 11 is 0. The highest BCUT2D eigenvalue weighted by Crippen LogP contribution is 2.25. The molecule has 1 aromatic heterocycles. The van der Waals surface area contributed by atoms with E-state index in [2.05, 4.69) is 15.3 Å². The molecule has 0 saturated heterocycles. The molecule has 112 valence electrons. The maximum atomic E-state index is 12.4. The van der Waals surface area contributed by atoms with Crippen LogP contribution in [-0.2, 0) is 0 Å². The smallest absolute Gasteiger partial charge is 0.255 e. The van der Waals surface area contributed by atoms with Gasteiger partial charge in [-0.25, -0.2) is 4.98 Å². The molecule has 0 fully saturated rings. The van der Waals surface area contributed by atoms with Crippen LogP contribution in [0.15, 0.2) is 48.8 Å². The lowest BCUT2D eigenvalue weighted by molar-refractivity contribution is 0.102. The molecule has 1 heterocycles. The highest BCUT2D eigenvalue weighted by atomic mass is 16.5. The number of anilines is 1. The summed E-state index contributed by atoms with van der Waals surface area (Å²) in [5, 5.41) is 2.89. The molecular weight excluding hydrogens is 278 g/mol. The third kappa shape index (κ3) is 2.93. The minimum Gasteiger partial charge on any atom is -0.489 e. The number of H-pyrrole nitrogens is 1. The summed E-state index contributed by atoms with van der Waals surface area (Å²) in [6.07, 6.45) is 1.65. The van der Waals surface area contributed by atoms with Crippen molar-refractivity contribution in [2.24, 2.45) is 0 Å². The van der Waals surface area contributed by atoms with Gasteiger partial charge in [-0.05, 0) is 44.2 Å². The Morgan fingerprint density at radius 2 is 2.05 bits per heavy atom. The van der Waals surface area contributed by atoms with Gasteiger partial charge in [-0.2, -0.15) is 0 Å². The fourth-order valence-electron chi connectivity index (χ4n) is 2.20. The minimum absolute atomic E-state index is 0.0411. The highest BCUT2D eigenvalue weighted by molar-refractivity contribution is 6.06. The third-order valence-electron chi connectivity index (χ3n) is 3.18. The second-order valence-corrected chi connectivity index (χ2v) is 5.25. The van der Waals surface area contributed by atoms with Crippen molar-refractivity contribution in [1.82, 2.24) is 9.97 Å². The molecule has 5 heteroatoms. The molecule has 1 amide bonds. The minimum atomic E-state index is -0.184. The summed E-state index contributed by atoms with van der Waals surface area (Å²) in [6.45, 7) is 3.90. The van der Waals surface area contributed by atoms with Gasteiger partial charge >= 0.3 is 0 Å². The number of rotatable bonds is 4. The van der Waals surface area contributed by atoms with E-state index in [4.69, 9.17) is 4.74 Å². The number of imidazole rings is 1. The molecule has 0 saturated carbocycles. The van der Waals surface area contributed by atoms with E-state index in [1.807, 2.05) is 44.2 Å². The van der Waals surface area contributed by atoms with Gasteiger partial charge in [0.05, 0.1) is 29.2 Å². The van der Waals surface area contributed by atoms with E-state index in [0.717, 1.165) is 11.0 Å². The standard InChI is InChI=1S/C17H17N3O2/c1-11(2)22-16-6-4-3-5-14(16)20-17(21)12-7-8-13-15(9-12)19-10-18-13/h3-11H,1-2H3,(H,18,19)(H,20,21). The zero-order valence-corrected chi connectivity index (χ0v) is 12.5. The van der Waals surface area contributed by atoms with Crippen molar-refractivity contribution in [2.75, 3.05) is 5.32 Å². The Bertz CT molecular complexity index is 808. The van der Waals surface area contributed by atoms with Gasteiger partial charge in [0.1, 0.15) is 5.75 Å². The number of hydrogen-bond donors (Lipinski definition) is 2. The first kappa shape index (κ1) is 14.1. The second-order valence-electron chi connectivity index (χ2n) is 5.25. The molecule has 0 spiro atoms. The summed E-state index contributed by atoms with van der Waals surface area (Å²) in [5.41, 5.74) is 2.89. The summed E-state index contributed by atoms with van der Waals surface area (Å²) in [4.78, 5) is 19.6. The molecule has 5 nitrogen and oxygen atoms in total. The van der Waals surface area contributed by atoms with Crippen molar-refractivity contribution in [2.45, 2.75) is 20.0 Å². The lowest BCUT2D eigenvalue weighted by atomic mass is 10.2. The van der Waals surface area contributed by atoms with E-state index in [9.17, 15) is 4.79 Å². The Balaban J connectivity index is 1.84. The van der Waals surface area contributed by atoms with Crippen LogP contribution in [0, 0.1) is 0 Å². The van der Waals surface area contributed by atoms with Gasteiger partial charge in [0, 0.05) is 5.56 Å². The van der Waals surface area contributed by atoms with Gasteiger partial charge in [0.2, 0.25) is 0 Å². The van der Waals surface area contributed by atoms with Crippen LogP contribution in [0.2, 0.25) is 0 Å². The molecule has 0 aliphatic heterocycles. The Hall–Kier alpha value is -2.82. The Morgan fingerprint density at radius 1 is 1.23 bits per heavy atom. The van der Waals surface area contributed by atoms with Crippen LogP contribution in [0.5, 0.6) is 5.75 Å². The van der Waals surface area contributed by atoms with Crippen LogP contribution < -0.4 is 10.1 Å². The number of nitrogens with zero attached hydrogens (tertiary/aromatic N) is 1. The first-order valence-corrected chi connectivity index (χ1v) is 7.13. The van der Waals surface area contributed by atoms with E-state index >= 15 is 0 Å². The molecule has 0 radical (unpaired) electrons. The zero-order valence-electron chi connectivity index (χ0n) is 12.5. The third-order valence-corrected chi connectivity index (χ3v) is 3.18. The van der Waals surface area contributed by atoms with Crippen LogP contribution >= 0.6 is 0 Å². The topological polar surface area (TPSA) is 67.0 Å². The van der Waals surface area contributed by atoms with Crippen molar-refractivity contribution < 1.29 is 9.53 Å². The Morgan fingerprint density at radius 3 is 2.86 bits per heavy atom. The van der Waals surface area contributed by atoms with Crippen molar-refractivity contribution >= 4 is 22.6 Å². The van der Waals surface area contributed by atoms with E-state index in [-0.39, 0.29) is 12.0 Å². The molecule has 0 bridgehead atoms. The van der Waals surface area contributed by atoms with E-state index in [1.165, 1.54) is 0 Å². The maximum Gasteiger partial charge on any atom is 0.255 e. The summed E-state index contributed by atoms with van der Waals surface area (Å²) in [7, 11) is 0. The normalized spacial score (nSPS) is 10.9. The Kier molecular flexibility index (Phi) is 3.78. The first-order chi connectivity index (χ1) is 10.6. The van der Waals surface area contributed by atoms with Gasteiger partial charge in [-0.3, -0.25) is 4.79 Å². The number of aromatic amines is 1. The van der Waals surface area contributed by atoms with Crippen LogP contribution in [0.4, 0.5) is 5.69 Å². The average molecular weight is 295 g/mol. The van der Waals surface area contributed by atoms with E-state index in [1.54, 1.807) is 18.5 Å². The van der Waals surface area contributed by atoms with Crippen LogP contribution in [0.3, 0.4) is 0 Å².